The van der Waals surface area contributed by atoms with Gasteiger partial charge in [0, 0.05) is 35.8 Å². The van der Waals surface area contributed by atoms with E-state index in [1.165, 1.54) is 36.0 Å². The molecule has 0 aliphatic heterocycles. The molecule has 0 unspecified atom stereocenters. The van der Waals surface area contributed by atoms with Gasteiger partial charge in [-0.15, -0.1) is 0 Å². The summed E-state index contributed by atoms with van der Waals surface area (Å²) in [6.07, 6.45) is 9.38. The molecule has 0 amide bonds. The quantitative estimate of drug-likeness (QED) is 0.0509. The van der Waals surface area contributed by atoms with E-state index in [2.05, 4.69) is 69.5 Å². The average Bonchev–Trinajstić information content (AvgIpc) is 3.16. The van der Waals surface area contributed by atoms with Gasteiger partial charge in [0.25, 0.3) is 0 Å². The smallest absolute Gasteiger partial charge is 0.333 e. The van der Waals surface area contributed by atoms with Crippen LogP contribution in [-0.2, 0) is 51.2 Å². The predicted octanol–water partition coefficient (Wildman–Crippen LogP) is 8.35. The second-order valence-electron chi connectivity index (χ2n) is 13.7. The molecule has 0 aliphatic rings. The van der Waals surface area contributed by atoms with Crippen LogP contribution in [0.15, 0.2) is 78.9 Å². The second-order valence-corrected chi connectivity index (χ2v) is 13.7. The molecule has 8 heteroatoms. The molecule has 53 heavy (non-hydrogen) atoms. The fourth-order valence-corrected chi connectivity index (χ4v) is 6.00. The molecule has 0 aliphatic carbocycles. The van der Waals surface area contributed by atoms with E-state index in [1.807, 2.05) is 12.1 Å². The number of esters is 2. The highest BCUT2D eigenvalue weighted by atomic mass is 16.6. The van der Waals surface area contributed by atoms with E-state index in [-0.39, 0.29) is 45.6 Å². The minimum atomic E-state index is -0.463. The molecule has 3 aromatic rings. The van der Waals surface area contributed by atoms with Gasteiger partial charge in [0.1, 0.15) is 37.9 Å². The summed E-state index contributed by atoms with van der Waals surface area (Å²) < 4.78 is 23.4. The van der Waals surface area contributed by atoms with Gasteiger partial charge in [0.2, 0.25) is 0 Å². The summed E-state index contributed by atoms with van der Waals surface area (Å²) >= 11 is 0. The highest BCUT2D eigenvalue weighted by Gasteiger charge is 2.18. The van der Waals surface area contributed by atoms with Gasteiger partial charge in [-0.05, 0) is 111 Å². The van der Waals surface area contributed by atoms with Crippen LogP contribution in [0.2, 0.25) is 0 Å². The highest BCUT2D eigenvalue weighted by molar-refractivity contribution is 5.87. The van der Waals surface area contributed by atoms with Gasteiger partial charge in [-0.3, -0.25) is 0 Å². The van der Waals surface area contributed by atoms with Crippen molar-refractivity contribution >= 4 is 11.9 Å². The molecule has 3 aromatic carbocycles. The average molecular weight is 729 g/mol. The standard InChI is InChI=1S/C45H60O8/c1-7-9-10-12-34-15-17-35(18-16-34)19-21-39-28-43(51-24-26-53-45(49)33(5)6)41(29-42(39)50-23-25-52-44(48)32(3)4)40-22-20-36(27-38(40)8-2)13-11-14-37(30-46)31-47/h15-18,20,22,27-29,37,46-47H,3,5,7-14,19,21,23-26,30-31H2,1-2,4,6H3. The van der Waals surface area contributed by atoms with E-state index in [9.17, 15) is 19.8 Å². The Bertz CT molecular complexity index is 1620. The molecule has 8 nitrogen and oxygen atoms in total. The van der Waals surface area contributed by atoms with Crippen LogP contribution in [0.1, 0.15) is 87.6 Å². The fraction of sp³-hybridized carbons (Fsp3) is 0.467. The zero-order valence-electron chi connectivity index (χ0n) is 32.3. The third-order valence-corrected chi connectivity index (χ3v) is 9.22. The van der Waals surface area contributed by atoms with Crippen LogP contribution in [-0.4, -0.2) is 61.8 Å². The maximum Gasteiger partial charge on any atom is 0.333 e. The molecule has 0 radical (unpaired) electrons. The first-order chi connectivity index (χ1) is 25.6. The van der Waals surface area contributed by atoms with Gasteiger partial charge in [-0.25, -0.2) is 9.59 Å². The Kier molecular flexibility index (Phi) is 18.9. The monoisotopic (exact) mass is 728 g/mol. The lowest BCUT2D eigenvalue weighted by molar-refractivity contribution is -0.140. The SMILES string of the molecule is C=C(C)C(=O)OCCOc1cc(-c2ccc(CCCC(CO)CO)cc2CC)c(OCCOC(=O)C(=C)C)cc1CCc1ccc(CCCCC)cc1. The molecule has 0 heterocycles. The van der Waals surface area contributed by atoms with Crippen molar-refractivity contribution in [1.82, 2.24) is 0 Å². The summed E-state index contributed by atoms with van der Waals surface area (Å²) in [6, 6.07) is 19.3. The summed E-state index contributed by atoms with van der Waals surface area (Å²) in [5.74, 6) is 0.295. The first kappa shape index (κ1) is 43.0. The molecule has 0 atom stereocenters. The zero-order chi connectivity index (χ0) is 38.6. The van der Waals surface area contributed by atoms with Crippen molar-refractivity contribution < 1.29 is 38.7 Å². The Morgan fingerprint density at radius 1 is 0.623 bits per heavy atom. The second kappa shape index (κ2) is 23.3. The lowest BCUT2D eigenvalue weighted by atomic mass is 9.91. The fourth-order valence-electron chi connectivity index (χ4n) is 6.00. The number of aliphatic hydroxyl groups excluding tert-OH is 2. The third-order valence-electron chi connectivity index (χ3n) is 9.22. The normalized spacial score (nSPS) is 11.0. The first-order valence-electron chi connectivity index (χ1n) is 19.1. The van der Waals surface area contributed by atoms with E-state index in [1.54, 1.807) is 13.8 Å². The third kappa shape index (κ3) is 14.5. The van der Waals surface area contributed by atoms with Crippen molar-refractivity contribution in [2.45, 2.75) is 91.9 Å². The number of rotatable bonds is 25. The Morgan fingerprint density at radius 2 is 1.19 bits per heavy atom. The summed E-state index contributed by atoms with van der Waals surface area (Å²) in [6.45, 7) is 15.3. The van der Waals surface area contributed by atoms with Crippen molar-refractivity contribution in [2.75, 3.05) is 39.6 Å². The van der Waals surface area contributed by atoms with Gasteiger partial charge in [-0.1, -0.05) is 82.3 Å². The molecule has 2 N–H and O–H groups in total. The number of aliphatic hydroxyl groups is 2. The largest absolute Gasteiger partial charge is 0.490 e. The summed E-state index contributed by atoms with van der Waals surface area (Å²) in [4.78, 5) is 24.1. The number of carbonyl (C=O) groups excluding carboxylic acids is 2. The van der Waals surface area contributed by atoms with Crippen molar-refractivity contribution in [2.24, 2.45) is 5.92 Å². The van der Waals surface area contributed by atoms with Crippen molar-refractivity contribution in [3.05, 3.63) is 107 Å². The Morgan fingerprint density at radius 3 is 1.75 bits per heavy atom. The highest BCUT2D eigenvalue weighted by Crippen LogP contribution is 2.39. The molecule has 0 fully saturated rings. The lowest BCUT2D eigenvalue weighted by Gasteiger charge is -2.20. The molecule has 0 bridgehead atoms. The van der Waals surface area contributed by atoms with Crippen LogP contribution >= 0.6 is 0 Å². The number of ether oxygens (including phenoxy) is 4. The molecule has 0 aromatic heterocycles. The van der Waals surface area contributed by atoms with Crippen LogP contribution in [0.3, 0.4) is 0 Å². The Hall–Kier alpha value is -4.40. The van der Waals surface area contributed by atoms with Crippen LogP contribution in [0.4, 0.5) is 0 Å². The maximum atomic E-state index is 12.1. The minimum Gasteiger partial charge on any atom is -0.490 e. The molecular weight excluding hydrogens is 668 g/mol. The van der Waals surface area contributed by atoms with Crippen molar-refractivity contribution in [3.63, 3.8) is 0 Å². The lowest BCUT2D eigenvalue weighted by Crippen LogP contribution is -2.14. The van der Waals surface area contributed by atoms with Crippen LogP contribution in [0.5, 0.6) is 11.5 Å². The predicted molar refractivity (Wildman–Crippen MR) is 211 cm³/mol. The molecular formula is C45H60O8. The van der Waals surface area contributed by atoms with Crippen LogP contribution < -0.4 is 9.47 Å². The number of hydrogen-bond acceptors (Lipinski definition) is 8. The summed E-state index contributed by atoms with van der Waals surface area (Å²) in [5, 5.41) is 19.0. The van der Waals surface area contributed by atoms with Gasteiger partial charge in [0.15, 0.2) is 0 Å². The maximum absolute atomic E-state index is 12.1. The van der Waals surface area contributed by atoms with Crippen molar-refractivity contribution in [3.8, 4) is 22.6 Å². The van der Waals surface area contributed by atoms with Crippen molar-refractivity contribution in [1.29, 1.82) is 0 Å². The van der Waals surface area contributed by atoms with Gasteiger partial charge < -0.3 is 29.2 Å². The number of carbonyl (C=O) groups is 2. The first-order valence-corrected chi connectivity index (χ1v) is 19.1. The molecule has 0 spiro atoms. The van der Waals surface area contributed by atoms with Crippen LogP contribution in [0.25, 0.3) is 11.1 Å². The molecule has 3 rings (SSSR count). The Balaban J connectivity index is 1.97. The number of benzene rings is 3. The molecule has 0 saturated carbocycles. The van der Waals surface area contributed by atoms with Gasteiger partial charge in [0.05, 0.1) is 0 Å². The van der Waals surface area contributed by atoms with E-state index in [0.29, 0.717) is 29.1 Å². The molecule has 288 valence electrons. The van der Waals surface area contributed by atoms with Crippen LogP contribution in [0, 0.1) is 5.92 Å². The summed E-state index contributed by atoms with van der Waals surface area (Å²) in [7, 11) is 0. The number of unbranched alkanes of at least 4 members (excludes halogenated alkanes) is 2. The number of aryl methyl sites for hydroxylation is 5. The zero-order valence-corrected chi connectivity index (χ0v) is 32.3. The Labute approximate surface area is 316 Å². The number of hydrogen-bond donors (Lipinski definition) is 2. The van der Waals surface area contributed by atoms with E-state index in [4.69, 9.17) is 18.9 Å². The summed E-state index contributed by atoms with van der Waals surface area (Å²) in [5.41, 5.74) is 8.32. The van der Waals surface area contributed by atoms with E-state index >= 15 is 0 Å². The van der Waals surface area contributed by atoms with E-state index < -0.39 is 11.9 Å². The topological polar surface area (TPSA) is 112 Å². The molecule has 0 saturated heterocycles. The van der Waals surface area contributed by atoms with Gasteiger partial charge >= 0.3 is 11.9 Å². The van der Waals surface area contributed by atoms with Gasteiger partial charge in [-0.2, -0.15) is 0 Å². The minimum absolute atomic E-state index is 0.0209. The van der Waals surface area contributed by atoms with E-state index in [0.717, 1.165) is 60.8 Å².